The molecule has 1 heterocycles. The molecule has 0 aliphatic carbocycles. The van der Waals surface area contributed by atoms with Crippen LogP contribution in [0.15, 0.2) is 12.1 Å². The van der Waals surface area contributed by atoms with E-state index in [2.05, 4.69) is 57.2 Å². The predicted octanol–water partition coefficient (Wildman–Crippen LogP) is 2.45. The van der Waals surface area contributed by atoms with Gasteiger partial charge in [-0.3, -0.25) is 0 Å². The van der Waals surface area contributed by atoms with Gasteiger partial charge in [-0.1, -0.05) is 17.7 Å². The van der Waals surface area contributed by atoms with Gasteiger partial charge in [-0.25, -0.2) is 0 Å². The second-order valence-corrected chi connectivity index (χ2v) is 6.10. The maximum Gasteiger partial charge on any atom is 0.0380 e. The minimum Gasteiger partial charge on any atom is -0.315 e. The summed E-state index contributed by atoms with van der Waals surface area (Å²) in [4.78, 5) is 2.41. The maximum atomic E-state index is 3.52. The molecule has 2 heteroatoms. The molecule has 0 saturated carbocycles. The van der Waals surface area contributed by atoms with Crippen molar-refractivity contribution in [3.8, 4) is 0 Å². The first-order chi connectivity index (χ1) is 8.44. The van der Waals surface area contributed by atoms with E-state index >= 15 is 0 Å². The van der Waals surface area contributed by atoms with Crippen LogP contribution in [0.3, 0.4) is 0 Å². The Bertz CT molecular complexity index is 406. The highest BCUT2D eigenvalue weighted by molar-refractivity contribution is 5.39. The van der Waals surface area contributed by atoms with Gasteiger partial charge < -0.3 is 10.2 Å². The zero-order valence-electron chi connectivity index (χ0n) is 12.4. The summed E-state index contributed by atoms with van der Waals surface area (Å²) in [5, 5.41) is 3.52. The van der Waals surface area contributed by atoms with Crippen molar-refractivity contribution in [1.82, 2.24) is 10.2 Å². The number of benzene rings is 1. The van der Waals surface area contributed by atoms with Gasteiger partial charge in [0.1, 0.15) is 0 Å². The standard InChI is InChI=1S/C16H26N2/c1-12-8-13(2)15(14(3)9-12)10-16(18(4)5)6-7-17-11-16/h8-9,17H,6-7,10-11H2,1-5H3. The highest BCUT2D eigenvalue weighted by Crippen LogP contribution is 2.29. The van der Waals surface area contributed by atoms with Crippen molar-refractivity contribution < 1.29 is 0 Å². The van der Waals surface area contributed by atoms with Gasteiger partial charge in [0.15, 0.2) is 0 Å². The molecule has 1 aromatic carbocycles. The second kappa shape index (κ2) is 5.02. The summed E-state index contributed by atoms with van der Waals surface area (Å²) in [7, 11) is 4.43. The number of nitrogens with one attached hydrogen (secondary N) is 1. The van der Waals surface area contributed by atoms with E-state index in [9.17, 15) is 0 Å². The smallest absolute Gasteiger partial charge is 0.0380 e. The fourth-order valence-electron chi connectivity index (χ4n) is 3.24. The largest absolute Gasteiger partial charge is 0.315 e. The van der Waals surface area contributed by atoms with Gasteiger partial charge in [0.2, 0.25) is 0 Å². The van der Waals surface area contributed by atoms with Crippen molar-refractivity contribution in [3.63, 3.8) is 0 Å². The highest BCUT2D eigenvalue weighted by atomic mass is 15.2. The fourth-order valence-corrected chi connectivity index (χ4v) is 3.24. The molecular formula is C16H26N2. The highest BCUT2D eigenvalue weighted by Gasteiger charge is 2.36. The molecule has 1 fully saturated rings. The zero-order valence-corrected chi connectivity index (χ0v) is 12.4. The predicted molar refractivity (Wildman–Crippen MR) is 78.3 cm³/mol. The Kier molecular flexibility index (Phi) is 3.79. The van der Waals surface area contributed by atoms with E-state index in [1.807, 2.05) is 0 Å². The third kappa shape index (κ3) is 2.45. The molecule has 1 aromatic rings. The first-order valence-corrected chi connectivity index (χ1v) is 6.89. The summed E-state index contributed by atoms with van der Waals surface area (Å²) in [6, 6.07) is 4.63. The lowest BCUT2D eigenvalue weighted by Gasteiger charge is -2.36. The Morgan fingerprint density at radius 3 is 2.22 bits per heavy atom. The van der Waals surface area contributed by atoms with E-state index in [0.717, 1.165) is 19.5 Å². The number of nitrogens with zero attached hydrogens (tertiary/aromatic N) is 1. The van der Waals surface area contributed by atoms with E-state index in [0.29, 0.717) is 5.54 Å². The average Bonchev–Trinajstić information content (AvgIpc) is 2.73. The van der Waals surface area contributed by atoms with Crippen LogP contribution >= 0.6 is 0 Å². The summed E-state index contributed by atoms with van der Waals surface area (Å²) < 4.78 is 0. The van der Waals surface area contributed by atoms with E-state index in [-0.39, 0.29) is 0 Å². The lowest BCUT2D eigenvalue weighted by molar-refractivity contribution is 0.172. The van der Waals surface area contributed by atoms with Crippen molar-refractivity contribution in [1.29, 1.82) is 0 Å². The number of hydrogen-bond acceptors (Lipinski definition) is 2. The van der Waals surface area contributed by atoms with Crippen LogP contribution in [-0.2, 0) is 6.42 Å². The SMILES string of the molecule is Cc1cc(C)c(CC2(N(C)C)CCNC2)c(C)c1. The molecule has 1 aliphatic heterocycles. The van der Waals surface area contributed by atoms with Gasteiger partial charge in [-0.2, -0.15) is 0 Å². The van der Waals surface area contributed by atoms with E-state index in [1.165, 1.54) is 28.7 Å². The molecular weight excluding hydrogens is 220 g/mol. The lowest BCUT2D eigenvalue weighted by Crippen LogP contribution is -2.48. The number of likely N-dealkylation sites (N-methyl/N-ethyl adjacent to an activating group) is 1. The minimum absolute atomic E-state index is 0.296. The van der Waals surface area contributed by atoms with Crippen molar-refractivity contribution >= 4 is 0 Å². The molecule has 100 valence electrons. The minimum atomic E-state index is 0.296. The molecule has 1 unspecified atom stereocenters. The van der Waals surface area contributed by atoms with Crippen LogP contribution < -0.4 is 5.32 Å². The van der Waals surface area contributed by atoms with Crippen LogP contribution in [0.1, 0.15) is 28.7 Å². The van der Waals surface area contributed by atoms with Gasteiger partial charge in [-0.05, 0) is 70.9 Å². The Morgan fingerprint density at radius 1 is 1.17 bits per heavy atom. The van der Waals surface area contributed by atoms with Crippen molar-refractivity contribution in [2.24, 2.45) is 0 Å². The van der Waals surface area contributed by atoms with Crippen LogP contribution in [0, 0.1) is 20.8 Å². The van der Waals surface area contributed by atoms with E-state index < -0.39 is 0 Å². The molecule has 18 heavy (non-hydrogen) atoms. The molecule has 2 nitrogen and oxygen atoms in total. The van der Waals surface area contributed by atoms with Crippen LogP contribution in [0.5, 0.6) is 0 Å². The van der Waals surface area contributed by atoms with Gasteiger partial charge in [0.05, 0.1) is 0 Å². The Labute approximate surface area is 111 Å². The normalized spacial score (nSPS) is 23.9. The number of hydrogen-bond donors (Lipinski definition) is 1. The van der Waals surface area contributed by atoms with Gasteiger partial charge >= 0.3 is 0 Å². The third-order valence-electron chi connectivity index (χ3n) is 4.52. The number of aryl methyl sites for hydroxylation is 3. The molecule has 0 aromatic heterocycles. The Balaban J connectivity index is 2.33. The molecule has 0 bridgehead atoms. The van der Waals surface area contributed by atoms with E-state index in [4.69, 9.17) is 0 Å². The summed E-state index contributed by atoms with van der Waals surface area (Å²) in [6.07, 6.45) is 2.40. The molecule has 0 amide bonds. The average molecular weight is 246 g/mol. The molecule has 0 spiro atoms. The third-order valence-corrected chi connectivity index (χ3v) is 4.52. The zero-order chi connectivity index (χ0) is 13.3. The Hall–Kier alpha value is -0.860. The lowest BCUT2D eigenvalue weighted by atomic mass is 9.84. The van der Waals surface area contributed by atoms with Crippen LogP contribution in [-0.4, -0.2) is 37.6 Å². The maximum absolute atomic E-state index is 3.52. The quantitative estimate of drug-likeness (QED) is 0.881. The summed E-state index contributed by atoms with van der Waals surface area (Å²) >= 11 is 0. The Morgan fingerprint density at radius 2 is 1.78 bits per heavy atom. The molecule has 1 atom stereocenters. The van der Waals surface area contributed by atoms with E-state index in [1.54, 1.807) is 0 Å². The van der Waals surface area contributed by atoms with Crippen molar-refractivity contribution in [2.75, 3.05) is 27.2 Å². The van der Waals surface area contributed by atoms with Crippen molar-refractivity contribution in [3.05, 3.63) is 34.4 Å². The summed E-state index contributed by atoms with van der Waals surface area (Å²) in [5.41, 5.74) is 6.10. The molecule has 1 aliphatic rings. The van der Waals surface area contributed by atoms with Crippen molar-refractivity contribution in [2.45, 2.75) is 39.2 Å². The first-order valence-electron chi connectivity index (χ1n) is 6.89. The molecule has 2 rings (SSSR count). The van der Waals surface area contributed by atoms with Crippen LogP contribution in [0.25, 0.3) is 0 Å². The van der Waals surface area contributed by atoms with Gasteiger partial charge in [0, 0.05) is 12.1 Å². The summed E-state index contributed by atoms with van der Waals surface area (Å²) in [5.74, 6) is 0. The fraction of sp³-hybridized carbons (Fsp3) is 0.625. The number of rotatable bonds is 3. The van der Waals surface area contributed by atoms with Crippen LogP contribution in [0.4, 0.5) is 0 Å². The molecule has 0 radical (unpaired) electrons. The second-order valence-electron chi connectivity index (χ2n) is 6.10. The first kappa shape index (κ1) is 13.6. The van der Waals surface area contributed by atoms with Crippen LogP contribution in [0.2, 0.25) is 0 Å². The molecule has 1 saturated heterocycles. The summed E-state index contributed by atoms with van der Waals surface area (Å²) in [6.45, 7) is 8.93. The van der Waals surface area contributed by atoms with Gasteiger partial charge in [0.25, 0.3) is 0 Å². The topological polar surface area (TPSA) is 15.3 Å². The molecule has 1 N–H and O–H groups in total. The monoisotopic (exact) mass is 246 g/mol. The van der Waals surface area contributed by atoms with Gasteiger partial charge in [-0.15, -0.1) is 0 Å².